The number of nitrogens with one attached hydrogen (secondary N) is 1. The molecule has 0 aliphatic heterocycles. The second-order valence-corrected chi connectivity index (χ2v) is 6.71. The number of hydrogen-bond acceptors (Lipinski definition) is 4. The molecule has 2 atom stereocenters. The van der Waals surface area contributed by atoms with Crippen LogP contribution in [0.3, 0.4) is 0 Å². The molecule has 2 N–H and O–H groups in total. The fourth-order valence-electron chi connectivity index (χ4n) is 2.81. The Balaban J connectivity index is 2.12. The van der Waals surface area contributed by atoms with E-state index in [1.807, 2.05) is 18.7 Å². The number of oxime groups is 1. The van der Waals surface area contributed by atoms with Gasteiger partial charge in [-0.25, -0.2) is 0 Å². The molecule has 0 fully saturated rings. The lowest BCUT2D eigenvalue weighted by Gasteiger charge is -2.24. The van der Waals surface area contributed by atoms with Gasteiger partial charge < -0.3 is 5.21 Å². The number of hydrogen-bond donors (Lipinski definition) is 2. The summed E-state index contributed by atoms with van der Waals surface area (Å²) in [5.74, 6) is 1.70. The van der Waals surface area contributed by atoms with Crippen LogP contribution in [0.5, 0.6) is 0 Å². The first-order chi connectivity index (χ1) is 8.65. The van der Waals surface area contributed by atoms with E-state index in [1.165, 1.54) is 0 Å². The predicted octanol–water partition coefficient (Wildman–Crippen LogP) is 2.99. The third kappa shape index (κ3) is 2.71. The fourth-order valence-corrected chi connectivity index (χ4v) is 3.79. The molecule has 5 heteroatoms. The van der Waals surface area contributed by atoms with E-state index in [-0.39, 0.29) is 0 Å². The summed E-state index contributed by atoms with van der Waals surface area (Å²) in [5.41, 5.74) is 3.89. The number of rotatable bonds is 4. The first-order valence-corrected chi connectivity index (χ1v) is 7.57. The van der Waals surface area contributed by atoms with Crippen molar-refractivity contribution in [1.82, 2.24) is 10.2 Å². The van der Waals surface area contributed by atoms with Crippen LogP contribution in [0.25, 0.3) is 0 Å². The van der Waals surface area contributed by atoms with Crippen molar-refractivity contribution in [1.29, 1.82) is 0 Å². The minimum Gasteiger partial charge on any atom is -0.411 e. The van der Waals surface area contributed by atoms with Crippen LogP contribution in [0.1, 0.15) is 43.6 Å². The molecule has 18 heavy (non-hydrogen) atoms. The van der Waals surface area contributed by atoms with Crippen molar-refractivity contribution >= 4 is 17.5 Å². The lowest BCUT2D eigenvalue weighted by atomic mass is 9.83. The van der Waals surface area contributed by atoms with Crippen LogP contribution < -0.4 is 0 Å². The van der Waals surface area contributed by atoms with E-state index in [0.717, 1.165) is 47.7 Å². The molecule has 2 unspecified atom stereocenters. The second-order valence-electron chi connectivity index (χ2n) is 4.99. The minimum absolute atomic E-state index is 0.542. The van der Waals surface area contributed by atoms with Crippen molar-refractivity contribution in [2.45, 2.75) is 45.3 Å². The van der Waals surface area contributed by atoms with E-state index >= 15 is 0 Å². The Morgan fingerprint density at radius 1 is 1.56 bits per heavy atom. The molecular weight excluding hydrogens is 246 g/mol. The summed E-state index contributed by atoms with van der Waals surface area (Å²) in [4.78, 5) is 0. The van der Waals surface area contributed by atoms with Gasteiger partial charge in [0.15, 0.2) is 0 Å². The Morgan fingerprint density at radius 3 is 3.00 bits per heavy atom. The van der Waals surface area contributed by atoms with Gasteiger partial charge in [-0.05, 0) is 37.9 Å². The van der Waals surface area contributed by atoms with E-state index in [9.17, 15) is 5.21 Å². The van der Waals surface area contributed by atoms with Crippen LogP contribution in [0.4, 0.5) is 0 Å². The highest BCUT2D eigenvalue weighted by Gasteiger charge is 2.28. The molecule has 1 aliphatic rings. The minimum atomic E-state index is 0.542. The zero-order chi connectivity index (χ0) is 13.1. The zero-order valence-corrected chi connectivity index (χ0v) is 12.0. The third-order valence-electron chi connectivity index (χ3n) is 3.51. The molecule has 0 saturated carbocycles. The number of nitrogens with zero attached hydrogens (tertiary/aromatic N) is 2. The molecular formula is C13H21N3OS. The van der Waals surface area contributed by atoms with Gasteiger partial charge in [0.1, 0.15) is 0 Å². The van der Waals surface area contributed by atoms with Gasteiger partial charge in [0.2, 0.25) is 0 Å². The Hall–Kier alpha value is -0.970. The SMILES string of the molecule is CCSC(C)CC1CC(=NO)c2c(n[nH]c2C)C1. The molecule has 0 bridgehead atoms. The van der Waals surface area contributed by atoms with Gasteiger partial charge in [-0.1, -0.05) is 19.0 Å². The Labute approximate surface area is 112 Å². The van der Waals surface area contributed by atoms with E-state index in [2.05, 4.69) is 29.2 Å². The van der Waals surface area contributed by atoms with Crippen LogP contribution in [0.2, 0.25) is 0 Å². The zero-order valence-electron chi connectivity index (χ0n) is 11.2. The van der Waals surface area contributed by atoms with Crippen LogP contribution in [0, 0.1) is 12.8 Å². The fraction of sp³-hybridized carbons (Fsp3) is 0.692. The maximum absolute atomic E-state index is 9.18. The molecule has 1 aromatic heterocycles. The molecule has 1 aromatic rings. The first kappa shape index (κ1) is 13.5. The number of aromatic amines is 1. The normalized spacial score (nSPS) is 23.1. The van der Waals surface area contributed by atoms with Crippen LogP contribution in [-0.2, 0) is 6.42 Å². The lowest BCUT2D eigenvalue weighted by molar-refractivity contribution is 0.314. The average Bonchev–Trinajstić information content (AvgIpc) is 2.70. The second kappa shape index (κ2) is 5.78. The van der Waals surface area contributed by atoms with Crippen molar-refractivity contribution in [2.24, 2.45) is 11.1 Å². The smallest absolute Gasteiger partial charge is 0.0907 e. The number of aryl methyl sites for hydroxylation is 1. The molecule has 2 rings (SSSR count). The van der Waals surface area contributed by atoms with Crippen molar-refractivity contribution in [3.63, 3.8) is 0 Å². The number of thioether (sulfide) groups is 1. The van der Waals surface area contributed by atoms with Gasteiger partial charge in [0.05, 0.1) is 11.4 Å². The van der Waals surface area contributed by atoms with Gasteiger partial charge in [-0.3, -0.25) is 5.10 Å². The number of H-pyrrole nitrogens is 1. The standard InChI is InChI=1S/C13H21N3OS/c1-4-18-8(2)5-10-6-11-13(9(3)14-15-11)12(7-10)16-17/h8,10,17H,4-7H2,1-3H3,(H,14,15). The summed E-state index contributed by atoms with van der Waals surface area (Å²) in [7, 11) is 0. The molecule has 100 valence electrons. The van der Waals surface area contributed by atoms with Gasteiger partial charge in [-0.2, -0.15) is 16.9 Å². The van der Waals surface area contributed by atoms with Crippen molar-refractivity contribution in [3.05, 3.63) is 17.0 Å². The summed E-state index contributed by atoms with van der Waals surface area (Å²) < 4.78 is 0. The molecule has 0 saturated heterocycles. The maximum atomic E-state index is 9.18. The number of aromatic nitrogens is 2. The first-order valence-electron chi connectivity index (χ1n) is 6.52. The maximum Gasteiger partial charge on any atom is 0.0907 e. The Morgan fingerprint density at radius 2 is 2.33 bits per heavy atom. The van der Waals surface area contributed by atoms with E-state index < -0.39 is 0 Å². The van der Waals surface area contributed by atoms with Crippen LogP contribution >= 0.6 is 11.8 Å². The molecule has 1 heterocycles. The topological polar surface area (TPSA) is 61.3 Å². The highest BCUT2D eigenvalue weighted by molar-refractivity contribution is 7.99. The summed E-state index contributed by atoms with van der Waals surface area (Å²) >= 11 is 1.99. The van der Waals surface area contributed by atoms with E-state index in [1.54, 1.807) is 0 Å². The summed E-state index contributed by atoms with van der Waals surface area (Å²) in [6, 6.07) is 0. The largest absolute Gasteiger partial charge is 0.411 e. The van der Waals surface area contributed by atoms with E-state index in [0.29, 0.717) is 11.2 Å². The highest BCUT2D eigenvalue weighted by atomic mass is 32.2. The number of fused-ring (bicyclic) bond motifs is 1. The van der Waals surface area contributed by atoms with Crippen LogP contribution in [-0.4, -0.2) is 32.1 Å². The monoisotopic (exact) mass is 267 g/mol. The summed E-state index contributed by atoms with van der Waals surface area (Å²) in [5, 5.41) is 20.6. The third-order valence-corrected chi connectivity index (χ3v) is 4.61. The van der Waals surface area contributed by atoms with Gasteiger partial charge in [-0.15, -0.1) is 0 Å². The van der Waals surface area contributed by atoms with Crippen molar-refractivity contribution < 1.29 is 5.21 Å². The van der Waals surface area contributed by atoms with Gasteiger partial charge in [0, 0.05) is 16.5 Å². The van der Waals surface area contributed by atoms with E-state index in [4.69, 9.17) is 0 Å². The molecule has 1 aliphatic carbocycles. The van der Waals surface area contributed by atoms with Gasteiger partial charge >= 0.3 is 0 Å². The quantitative estimate of drug-likeness (QED) is 0.651. The molecule has 0 amide bonds. The Kier molecular flexibility index (Phi) is 4.32. The molecule has 0 spiro atoms. The molecule has 0 radical (unpaired) electrons. The predicted molar refractivity (Wildman–Crippen MR) is 75.7 cm³/mol. The van der Waals surface area contributed by atoms with Crippen LogP contribution in [0.15, 0.2) is 5.16 Å². The lowest BCUT2D eigenvalue weighted by Crippen LogP contribution is -2.23. The van der Waals surface area contributed by atoms with Crippen molar-refractivity contribution in [2.75, 3.05) is 5.75 Å². The van der Waals surface area contributed by atoms with Gasteiger partial charge in [0.25, 0.3) is 0 Å². The average molecular weight is 267 g/mol. The molecule has 0 aromatic carbocycles. The summed E-state index contributed by atoms with van der Waals surface area (Å²) in [6.45, 7) is 6.44. The summed E-state index contributed by atoms with van der Waals surface area (Å²) in [6.07, 6.45) is 3.01. The Bertz CT molecular complexity index is 441. The van der Waals surface area contributed by atoms with Crippen molar-refractivity contribution in [3.8, 4) is 0 Å². The molecule has 4 nitrogen and oxygen atoms in total. The highest BCUT2D eigenvalue weighted by Crippen LogP contribution is 2.31.